The Morgan fingerprint density at radius 1 is 1.32 bits per heavy atom. The summed E-state index contributed by atoms with van der Waals surface area (Å²) >= 11 is 1.62. The van der Waals surface area contributed by atoms with Crippen molar-refractivity contribution in [1.29, 1.82) is 0 Å². The summed E-state index contributed by atoms with van der Waals surface area (Å²) in [7, 11) is 0. The molecule has 5 nitrogen and oxygen atoms in total. The number of fused-ring (bicyclic) bond motifs is 1. The minimum absolute atomic E-state index is 0.289. The zero-order chi connectivity index (χ0) is 17.4. The fourth-order valence-electron chi connectivity index (χ4n) is 3.55. The molecule has 0 amide bonds. The summed E-state index contributed by atoms with van der Waals surface area (Å²) < 4.78 is 7.13. The standard InChI is InChI=1S/C19H20N2O3S/c1-12-8-13(19(22)23)10-21(9-12)11-14-6-7-16(24-14)18-20-15-4-2-3-5-17(15)25-18/h2-7,12-13H,8-11H2,1H3,(H,22,23). The van der Waals surface area contributed by atoms with Crippen molar-refractivity contribution in [2.75, 3.05) is 13.1 Å². The van der Waals surface area contributed by atoms with Crippen LogP contribution in [-0.2, 0) is 11.3 Å². The monoisotopic (exact) mass is 356 g/mol. The van der Waals surface area contributed by atoms with Gasteiger partial charge in [0.25, 0.3) is 0 Å². The van der Waals surface area contributed by atoms with E-state index in [1.807, 2.05) is 30.3 Å². The highest BCUT2D eigenvalue weighted by atomic mass is 32.1. The molecular formula is C19H20N2O3S. The second-order valence-electron chi connectivity index (χ2n) is 6.82. The zero-order valence-electron chi connectivity index (χ0n) is 14.0. The van der Waals surface area contributed by atoms with Crippen LogP contribution in [0.5, 0.6) is 0 Å². The average molecular weight is 356 g/mol. The molecule has 3 aromatic rings. The molecule has 0 bridgehead atoms. The molecule has 4 rings (SSSR count). The third kappa shape index (κ3) is 3.45. The van der Waals surface area contributed by atoms with Gasteiger partial charge < -0.3 is 9.52 Å². The Balaban J connectivity index is 1.50. The highest BCUT2D eigenvalue weighted by Gasteiger charge is 2.29. The van der Waals surface area contributed by atoms with Crippen LogP contribution < -0.4 is 0 Å². The average Bonchev–Trinajstić information content (AvgIpc) is 3.20. The first kappa shape index (κ1) is 16.3. The van der Waals surface area contributed by atoms with Gasteiger partial charge in [-0.1, -0.05) is 19.1 Å². The van der Waals surface area contributed by atoms with Crippen molar-refractivity contribution in [3.63, 3.8) is 0 Å². The fraction of sp³-hybridized carbons (Fsp3) is 0.368. The van der Waals surface area contributed by atoms with Crippen LogP contribution in [0.3, 0.4) is 0 Å². The van der Waals surface area contributed by atoms with Crippen molar-refractivity contribution in [1.82, 2.24) is 9.88 Å². The van der Waals surface area contributed by atoms with Crippen molar-refractivity contribution >= 4 is 27.5 Å². The summed E-state index contributed by atoms with van der Waals surface area (Å²) in [5.74, 6) is 1.02. The highest BCUT2D eigenvalue weighted by Crippen LogP contribution is 2.32. The first-order chi connectivity index (χ1) is 12.1. The normalized spacial score (nSPS) is 21.6. The molecule has 2 unspecified atom stereocenters. The molecule has 1 saturated heterocycles. The Bertz CT molecular complexity index is 868. The maximum absolute atomic E-state index is 11.3. The SMILES string of the molecule is CC1CC(C(=O)O)CN(Cc2ccc(-c3nc4ccccc4s3)o2)C1. The van der Waals surface area contributed by atoms with Gasteiger partial charge in [-0.2, -0.15) is 0 Å². The number of thiazole rings is 1. The number of carboxylic acid groups (broad SMARTS) is 1. The Labute approximate surface area is 149 Å². The molecule has 0 aliphatic carbocycles. The van der Waals surface area contributed by atoms with Crippen LogP contribution in [0.15, 0.2) is 40.8 Å². The molecule has 2 aromatic heterocycles. The molecule has 0 saturated carbocycles. The Kier molecular flexibility index (Phi) is 4.31. The van der Waals surface area contributed by atoms with Crippen molar-refractivity contribution < 1.29 is 14.3 Å². The minimum Gasteiger partial charge on any atom is -0.481 e. The second kappa shape index (κ2) is 6.61. The van der Waals surface area contributed by atoms with Gasteiger partial charge in [-0.05, 0) is 36.6 Å². The molecule has 0 spiro atoms. The van der Waals surface area contributed by atoms with Crippen molar-refractivity contribution in [3.05, 3.63) is 42.2 Å². The maximum atomic E-state index is 11.3. The summed E-state index contributed by atoms with van der Waals surface area (Å²) in [4.78, 5) is 18.1. The number of rotatable bonds is 4. The number of aliphatic carboxylic acids is 1. The number of nitrogens with zero attached hydrogens (tertiary/aromatic N) is 2. The molecule has 25 heavy (non-hydrogen) atoms. The van der Waals surface area contributed by atoms with E-state index in [1.165, 1.54) is 0 Å². The van der Waals surface area contributed by atoms with Gasteiger partial charge in [0.2, 0.25) is 0 Å². The third-order valence-electron chi connectivity index (χ3n) is 4.63. The van der Waals surface area contributed by atoms with Crippen molar-refractivity contribution in [2.45, 2.75) is 19.9 Å². The summed E-state index contributed by atoms with van der Waals surface area (Å²) in [5.41, 5.74) is 0.981. The number of aromatic nitrogens is 1. The summed E-state index contributed by atoms with van der Waals surface area (Å²) in [6.07, 6.45) is 0.751. The van der Waals surface area contributed by atoms with E-state index >= 15 is 0 Å². The molecule has 1 fully saturated rings. The van der Waals surface area contributed by atoms with E-state index in [0.29, 0.717) is 19.0 Å². The van der Waals surface area contributed by atoms with E-state index < -0.39 is 5.97 Å². The molecule has 1 aliphatic rings. The van der Waals surface area contributed by atoms with Gasteiger partial charge in [0.05, 0.1) is 22.7 Å². The van der Waals surface area contributed by atoms with Crippen LogP contribution in [0.1, 0.15) is 19.1 Å². The lowest BCUT2D eigenvalue weighted by Gasteiger charge is -2.34. The molecule has 1 aliphatic heterocycles. The van der Waals surface area contributed by atoms with E-state index in [1.54, 1.807) is 11.3 Å². The molecule has 130 valence electrons. The van der Waals surface area contributed by atoms with E-state index in [-0.39, 0.29) is 5.92 Å². The predicted octanol–water partition coefficient (Wildman–Crippen LogP) is 4.10. The van der Waals surface area contributed by atoms with Gasteiger partial charge in [0.15, 0.2) is 10.8 Å². The van der Waals surface area contributed by atoms with Gasteiger partial charge in [-0.3, -0.25) is 9.69 Å². The maximum Gasteiger partial charge on any atom is 0.307 e. The van der Waals surface area contributed by atoms with Crippen LogP contribution in [0, 0.1) is 11.8 Å². The van der Waals surface area contributed by atoms with Crippen LogP contribution in [0.2, 0.25) is 0 Å². The number of hydrogen-bond donors (Lipinski definition) is 1. The Morgan fingerprint density at radius 3 is 2.96 bits per heavy atom. The van der Waals surface area contributed by atoms with Gasteiger partial charge in [-0.15, -0.1) is 11.3 Å². The van der Waals surface area contributed by atoms with Gasteiger partial charge in [-0.25, -0.2) is 4.98 Å². The smallest absolute Gasteiger partial charge is 0.307 e. The fourth-order valence-corrected chi connectivity index (χ4v) is 4.47. The number of para-hydroxylation sites is 1. The predicted molar refractivity (Wildman–Crippen MR) is 97.5 cm³/mol. The van der Waals surface area contributed by atoms with Crippen molar-refractivity contribution in [2.24, 2.45) is 11.8 Å². The molecule has 2 atom stereocenters. The van der Waals surface area contributed by atoms with Crippen LogP contribution in [-0.4, -0.2) is 34.0 Å². The molecule has 6 heteroatoms. The molecule has 3 heterocycles. The number of hydrogen-bond acceptors (Lipinski definition) is 5. The summed E-state index contributed by atoms with van der Waals surface area (Å²) in [6, 6.07) is 12.0. The van der Waals surface area contributed by atoms with Gasteiger partial charge in [0.1, 0.15) is 5.76 Å². The lowest BCUT2D eigenvalue weighted by Crippen LogP contribution is -2.41. The lowest BCUT2D eigenvalue weighted by atomic mass is 9.90. The van der Waals surface area contributed by atoms with E-state index in [4.69, 9.17) is 4.42 Å². The molecule has 1 aromatic carbocycles. The zero-order valence-corrected chi connectivity index (χ0v) is 14.8. The van der Waals surface area contributed by atoms with Gasteiger partial charge >= 0.3 is 5.97 Å². The number of likely N-dealkylation sites (tertiary alicyclic amines) is 1. The second-order valence-corrected chi connectivity index (χ2v) is 7.85. The summed E-state index contributed by atoms with van der Waals surface area (Å²) in [6.45, 7) is 4.23. The van der Waals surface area contributed by atoms with Gasteiger partial charge in [0, 0.05) is 13.1 Å². The molecule has 1 N–H and O–H groups in total. The number of piperidine rings is 1. The van der Waals surface area contributed by atoms with E-state index in [0.717, 1.165) is 39.7 Å². The topological polar surface area (TPSA) is 66.6 Å². The largest absolute Gasteiger partial charge is 0.481 e. The number of carbonyl (C=O) groups is 1. The molecule has 0 radical (unpaired) electrons. The van der Waals surface area contributed by atoms with Crippen molar-refractivity contribution in [3.8, 4) is 10.8 Å². The minimum atomic E-state index is -0.703. The number of furan rings is 1. The van der Waals surface area contributed by atoms with E-state index in [9.17, 15) is 9.90 Å². The number of benzene rings is 1. The summed E-state index contributed by atoms with van der Waals surface area (Å²) in [5, 5.41) is 10.2. The third-order valence-corrected chi connectivity index (χ3v) is 5.68. The Hall–Kier alpha value is -2.18. The number of carboxylic acids is 1. The lowest BCUT2D eigenvalue weighted by molar-refractivity contribution is -0.144. The Morgan fingerprint density at radius 2 is 2.16 bits per heavy atom. The molecular weight excluding hydrogens is 336 g/mol. The van der Waals surface area contributed by atoms with Crippen LogP contribution in [0.4, 0.5) is 0 Å². The first-order valence-electron chi connectivity index (χ1n) is 8.48. The van der Waals surface area contributed by atoms with Crippen LogP contribution in [0.25, 0.3) is 21.0 Å². The quantitative estimate of drug-likeness (QED) is 0.762. The van der Waals surface area contributed by atoms with Crippen LogP contribution >= 0.6 is 11.3 Å². The first-order valence-corrected chi connectivity index (χ1v) is 9.30. The van der Waals surface area contributed by atoms with E-state index in [2.05, 4.69) is 22.9 Å². The highest BCUT2D eigenvalue weighted by molar-refractivity contribution is 7.21.